The van der Waals surface area contributed by atoms with Crippen LogP contribution in [0.4, 0.5) is 5.82 Å². The summed E-state index contributed by atoms with van der Waals surface area (Å²) in [5.74, 6) is 2.82. The zero-order valence-electron chi connectivity index (χ0n) is 11.3. The largest absolute Gasteiger partial charge is 0.355 e. The average Bonchev–Trinajstić information content (AvgIpc) is 3.15. The summed E-state index contributed by atoms with van der Waals surface area (Å²) in [6.07, 6.45) is 5.70. The third kappa shape index (κ3) is 2.34. The van der Waals surface area contributed by atoms with E-state index in [2.05, 4.69) is 34.8 Å². The van der Waals surface area contributed by atoms with E-state index < -0.39 is 0 Å². The first kappa shape index (κ1) is 11.9. The molecule has 3 rings (SSSR count). The van der Waals surface area contributed by atoms with Crippen LogP contribution in [0.5, 0.6) is 0 Å². The van der Waals surface area contributed by atoms with Gasteiger partial charge in [-0.05, 0) is 38.9 Å². The van der Waals surface area contributed by atoms with Gasteiger partial charge in [-0.1, -0.05) is 6.92 Å². The van der Waals surface area contributed by atoms with Crippen molar-refractivity contribution >= 4 is 5.82 Å². The fourth-order valence-corrected chi connectivity index (χ4v) is 2.65. The fraction of sp³-hybridized carbons (Fsp3) is 0.714. The lowest BCUT2D eigenvalue weighted by Gasteiger charge is -2.23. The second-order valence-electron chi connectivity index (χ2n) is 5.51. The van der Waals surface area contributed by atoms with Crippen molar-refractivity contribution in [1.82, 2.24) is 14.9 Å². The van der Waals surface area contributed by atoms with E-state index in [1.165, 1.54) is 19.3 Å². The Hall–Kier alpha value is -1.16. The molecule has 0 aromatic carbocycles. The first-order chi connectivity index (χ1) is 8.78. The maximum atomic E-state index is 4.73. The number of hydrogen-bond acceptors (Lipinski definition) is 4. The molecule has 2 aliphatic rings. The normalized spacial score (nSPS) is 23.9. The fourth-order valence-electron chi connectivity index (χ4n) is 2.65. The number of hydrogen-bond donors (Lipinski definition) is 0. The van der Waals surface area contributed by atoms with E-state index in [0.29, 0.717) is 12.0 Å². The molecule has 1 saturated carbocycles. The SMILES string of the molecule is CCN(C)C1CCN(c2ccnc(C3CC3)n2)C1. The van der Waals surface area contributed by atoms with Crippen LogP contribution in [0.25, 0.3) is 0 Å². The monoisotopic (exact) mass is 246 g/mol. The molecule has 2 heterocycles. The van der Waals surface area contributed by atoms with Gasteiger partial charge in [0.25, 0.3) is 0 Å². The second-order valence-corrected chi connectivity index (χ2v) is 5.51. The third-order valence-electron chi connectivity index (χ3n) is 4.21. The molecule has 4 heteroatoms. The topological polar surface area (TPSA) is 32.3 Å². The van der Waals surface area contributed by atoms with Gasteiger partial charge >= 0.3 is 0 Å². The zero-order chi connectivity index (χ0) is 12.5. The standard InChI is InChI=1S/C14H22N4/c1-3-17(2)12-7-9-18(10-12)13-6-8-15-14(16-13)11-4-5-11/h6,8,11-12H,3-5,7,9-10H2,1-2H3. The van der Waals surface area contributed by atoms with Gasteiger partial charge in [-0.3, -0.25) is 0 Å². The molecular formula is C14H22N4. The highest BCUT2D eigenvalue weighted by atomic mass is 15.3. The Bertz CT molecular complexity index is 416. The highest BCUT2D eigenvalue weighted by Crippen LogP contribution is 2.38. The van der Waals surface area contributed by atoms with Crippen molar-refractivity contribution in [1.29, 1.82) is 0 Å². The van der Waals surface area contributed by atoms with Gasteiger partial charge in [0.1, 0.15) is 11.6 Å². The van der Waals surface area contributed by atoms with Crippen LogP contribution < -0.4 is 4.90 Å². The number of likely N-dealkylation sites (N-methyl/N-ethyl adjacent to an activating group) is 1. The van der Waals surface area contributed by atoms with Gasteiger partial charge in [-0.2, -0.15) is 0 Å². The average molecular weight is 246 g/mol. The van der Waals surface area contributed by atoms with Crippen LogP contribution in [0.2, 0.25) is 0 Å². The summed E-state index contributed by atoms with van der Waals surface area (Å²) in [5, 5.41) is 0. The lowest BCUT2D eigenvalue weighted by atomic mass is 10.2. The van der Waals surface area contributed by atoms with Crippen LogP contribution in [-0.4, -0.2) is 47.6 Å². The number of nitrogens with zero attached hydrogens (tertiary/aromatic N) is 4. The zero-order valence-corrected chi connectivity index (χ0v) is 11.3. The van der Waals surface area contributed by atoms with Crippen LogP contribution in [0.1, 0.15) is 37.9 Å². The van der Waals surface area contributed by atoms with Crippen molar-refractivity contribution < 1.29 is 0 Å². The Balaban J connectivity index is 1.70. The molecule has 18 heavy (non-hydrogen) atoms. The minimum absolute atomic E-state index is 0.640. The van der Waals surface area contributed by atoms with Gasteiger partial charge in [0.15, 0.2) is 0 Å². The summed E-state index contributed by atoms with van der Waals surface area (Å²) in [6, 6.07) is 2.73. The first-order valence-corrected chi connectivity index (χ1v) is 7.06. The highest BCUT2D eigenvalue weighted by Gasteiger charge is 2.29. The lowest BCUT2D eigenvalue weighted by molar-refractivity contribution is 0.272. The maximum Gasteiger partial charge on any atom is 0.133 e. The Morgan fingerprint density at radius 2 is 2.22 bits per heavy atom. The lowest BCUT2D eigenvalue weighted by Crippen LogP contribution is -2.34. The van der Waals surface area contributed by atoms with E-state index in [0.717, 1.165) is 31.3 Å². The summed E-state index contributed by atoms with van der Waals surface area (Å²) < 4.78 is 0. The smallest absolute Gasteiger partial charge is 0.133 e. The van der Waals surface area contributed by atoms with Gasteiger partial charge < -0.3 is 9.80 Å². The summed E-state index contributed by atoms with van der Waals surface area (Å²) >= 11 is 0. The molecule has 1 aromatic rings. The van der Waals surface area contributed by atoms with Gasteiger partial charge in [-0.15, -0.1) is 0 Å². The Morgan fingerprint density at radius 1 is 1.39 bits per heavy atom. The van der Waals surface area contributed by atoms with Crippen molar-refractivity contribution in [3.63, 3.8) is 0 Å². The van der Waals surface area contributed by atoms with Crippen LogP contribution in [0.3, 0.4) is 0 Å². The molecular weight excluding hydrogens is 224 g/mol. The second kappa shape index (κ2) is 4.84. The molecule has 1 aliphatic heterocycles. The number of aromatic nitrogens is 2. The molecule has 98 valence electrons. The molecule has 0 radical (unpaired) electrons. The molecule has 2 fully saturated rings. The summed E-state index contributed by atoms with van der Waals surface area (Å²) in [4.78, 5) is 14.0. The van der Waals surface area contributed by atoms with Crippen molar-refractivity contribution in [2.45, 2.75) is 38.1 Å². The van der Waals surface area contributed by atoms with E-state index in [9.17, 15) is 0 Å². The Labute approximate surface area is 109 Å². The molecule has 1 atom stereocenters. The van der Waals surface area contributed by atoms with E-state index in [1.54, 1.807) is 0 Å². The predicted octanol–water partition coefficient (Wildman–Crippen LogP) is 1.88. The van der Waals surface area contributed by atoms with Gasteiger partial charge in [-0.25, -0.2) is 9.97 Å². The molecule has 0 amide bonds. The number of rotatable bonds is 4. The first-order valence-electron chi connectivity index (χ1n) is 7.06. The molecule has 0 N–H and O–H groups in total. The minimum Gasteiger partial charge on any atom is -0.355 e. The van der Waals surface area contributed by atoms with E-state index >= 15 is 0 Å². The van der Waals surface area contributed by atoms with E-state index in [-0.39, 0.29) is 0 Å². The van der Waals surface area contributed by atoms with Crippen LogP contribution in [0, 0.1) is 0 Å². The Morgan fingerprint density at radius 3 is 2.94 bits per heavy atom. The minimum atomic E-state index is 0.640. The number of anilines is 1. The van der Waals surface area contributed by atoms with Crippen molar-refractivity contribution in [3.05, 3.63) is 18.1 Å². The predicted molar refractivity (Wildman–Crippen MR) is 72.9 cm³/mol. The molecule has 0 spiro atoms. The van der Waals surface area contributed by atoms with Crippen molar-refractivity contribution in [2.24, 2.45) is 0 Å². The highest BCUT2D eigenvalue weighted by molar-refractivity contribution is 5.40. The summed E-state index contributed by atoms with van der Waals surface area (Å²) in [6.45, 7) is 5.57. The molecule has 1 aromatic heterocycles. The maximum absolute atomic E-state index is 4.73. The summed E-state index contributed by atoms with van der Waals surface area (Å²) in [5.41, 5.74) is 0. The van der Waals surface area contributed by atoms with Gasteiger partial charge in [0.05, 0.1) is 0 Å². The van der Waals surface area contributed by atoms with Crippen LogP contribution >= 0.6 is 0 Å². The molecule has 4 nitrogen and oxygen atoms in total. The summed E-state index contributed by atoms with van der Waals surface area (Å²) in [7, 11) is 2.21. The van der Waals surface area contributed by atoms with Crippen LogP contribution in [0.15, 0.2) is 12.3 Å². The molecule has 0 bridgehead atoms. The molecule has 1 saturated heterocycles. The van der Waals surface area contributed by atoms with E-state index in [4.69, 9.17) is 4.98 Å². The van der Waals surface area contributed by atoms with Crippen molar-refractivity contribution in [3.8, 4) is 0 Å². The van der Waals surface area contributed by atoms with Crippen molar-refractivity contribution in [2.75, 3.05) is 31.6 Å². The van der Waals surface area contributed by atoms with Crippen LogP contribution in [-0.2, 0) is 0 Å². The van der Waals surface area contributed by atoms with Gasteiger partial charge in [0.2, 0.25) is 0 Å². The Kier molecular flexibility index (Phi) is 3.20. The quantitative estimate of drug-likeness (QED) is 0.812. The van der Waals surface area contributed by atoms with Gasteiger partial charge in [0, 0.05) is 31.2 Å². The molecule has 1 unspecified atom stereocenters. The van der Waals surface area contributed by atoms with E-state index in [1.807, 2.05) is 6.20 Å². The molecule has 1 aliphatic carbocycles. The third-order valence-corrected chi connectivity index (χ3v) is 4.21.